The van der Waals surface area contributed by atoms with Crippen molar-refractivity contribution in [3.63, 3.8) is 0 Å². The predicted molar refractivity (Wildman–Crippen MR) is 129 cm³/mol. The van der Waals surface area contributed by atoms with Gasteiger partial charge in [0.05, 0.1) is 28.1 Å². The number of nitrogens with zero attached hydrogens (tertiary/aromatic N) is 1. The number of allylic oxidation sites excluding steroid dienone is 2. The summed E-state index contributed by atoms with van der Waals surface area (Å²) < 4.78 is 5.86. The maximum atomic E-state index is 13.0. The Kier molecular flexibility index (Phi) is 5.81. The third kappa shape index (κ3) is 3.75. The Balaban J connectivity index is 1.25. The van der Waals surface area contributed by atoms with Crippen LogP contribution < -0.4 is 10.2 Å². The van der Waals surface area contributed by atoms with E-state index in [0.717, 1.165) is 6.42 Å². The number of hydrogen-bond acceptors (Lipinski definition) is 5. The van der Waals surface area contributed by atoms with Crippen LogP contribution in [0.4, 0.5) is 11.4 Å². The van der Waals surface area contributed by atoms with E-state index in [0.29, 0.717) is 26.4 Å². The molecule has 2 fully saturated rings. The Labute approximate surface area is 209 Å². The Bertz CT molecular complexity index is 1250. The molecule has 1 aliphatic heterocycles. The second-order valence-corrected chi connectivity index (χ2v) is 9.95. The highest BCUT2D eigenvalue weighted by Crippen LogP contribution is 2.53. The van der Waals surface area contributed by atoms with Gasteiger partial charge in [0.25, 0.3) is 5.91 Å². The van der Waals surface area contributed by atoms with Gasteiger partial charge in [-0.2, -0.15) is 0 Å². The molecular weight excluding hydrogens is 524 g/mol. The molecule has 0 spiro atoms. The number of imide groups is 1. The van der Waals surface area contributed by atoms with E-state index in [9.17, 15) is 19.2 Å². The van der Waals surface area contributed by atoms with Crippen LogP contribution in [-0.4, -0.2) is 30.3 Å². The summed E-state index contributed by atoms with van der Waals surface area (Å²) in [4.78, 5) is 52.1. The molecule has 3 amide bonds. The van der Waals surface area contributed by atoms with Gasteiger partial charge < -0.3 is 10.1 Å². The topological polar surface area (TPSA) is 92.8 Å². The molecular formula is C25H20BrClN2O5. The zero-order valence-electron chi connectivity index (χ0n) is 18.1. The fourth-order valence-electron chi connectivity index (χ4n) is 5.12. The molecule has 0 unspecified atom stereocenters. The normalized spacial score (nSPS) is 24.5. The molecule has 2 bridgehead atoms. The number of rotatable bonds is 5. The number of anilines is 2. The number of benzene rings is 2. The van der Waals surface area contributed by atoms with E-state index in [2.05, 4.69) is 21.2 Å². The van der Waals surface area contributed by atoms with Crippen molar-refractivity contribution in [3.8, 4) is 0 Å². The zero-order chi connectivity index (χ0) is 24.1. The molecule has 1 N–H and O–H groups in total. The summed E-state index contributed by atoms with van der Waals surface area (Å²) >= 11 is 9.49. The SMILES string of the molecule is Cc1c(NC(=O)COC(=O)c2cccc(N3C(=O)[C@@H]4[C@H](C3=O)[C@H]3C=C[C@H]4C3)c2)ccc(Br)c1Cl. The number of esters is 1. The van der Waals surface area contributed by atoms with Crippen molar-refractivity contribution in [2.75, 3.05) is 16.8 Å². The van der Waals surface area contributed by atoms with E-state index in [4.69, 9.17) is 16.3 Å². The summed E-state index contributed by atoms with van der Waals surface area (Å²) in [6, 6.07) is 9.57. The summed E-state index contributed by atoms with van der Waals surface area (Å²) in [7, 11) is 0. The molecule has 0 radical (unpaired) electrons. The molecule has 5 rings (SSSR count). The van der Waals surface area contributed by atoms with E-state index in [-0.39, 0.29) is 41.0 Å². The largest absolute Gasteiger partial charge is 0.452 e. The smallest absolute Gasteiger partial charge is 0.338 e. The highest BCUT2D eigenvalue weighted by atomic mass is 79.9. The van der Waals surface area contributed by atoms with Crippen LogP contribution >= 0.6 is 27.5 Å². The van der Waals surface area contributed by atoms with Gasteiger partial charge in [-0.25, -0.2) is 9.69 Å². The molecule has 1 saturated carbocycles. The van der Waals surface area contributed by atoms with E-state index in [1.165, 1.54) is 17.0 Å². The Morgan fingerprint density at radius 2 is 1.79 bits per heavy atom. The number of halogens is 2. The van der Waals surface area contributed by atoms with Crippen LogP contribution in [0.1, 0.15) is 22.3 Å². The van der Waals surface area contributed by atoms with Crippen LogP contribution in [0.25, 0.3) is 0 Å². The maximum Gasteiger partial charge on any atom is 0.338 e. The number of nitrogens with one attached hydrogen (secondary N) is 1. The van der Waals surface area contributed by atoms with Crippen molar-refractivity contribution in [1.29, 1.82) is 0 Å². The van der Waals surface area contributed by atoms with E-state index in [1.54, 1.807) is 31.2 Å². The summed E-state index contributed by atoms with van der Waals surface area (Å²) in [5.74, 6) is -2.13. The standard InChI is InChI=1S/C25H20BrClN2O5/c1-12-18(8-7-17(26)22(12)27)28-19(30)11-34-25(33)15-3-2-4-16(10-15)29-23(31)20-13-5-6-14(9-13)21(20)24(29)32/h2-8,10,13-14,20-21H,9,11H2,1H3,(H,28,30)/t13-,14-,20-,21+/m0/s1. The van der Waals surface area contributed by atoms with Gasteiger partial charge in [-0.15, -0.1) is 0 Å². The molecule has 0 aromatic heterocycles. The molecule has 9 heteroatoms. The second kappa shape index (κ2) is 8.67. The molecule has 4 atom stereocenters. The minimum absolute atomic E-state index is 0.104. The highest BCUT2D eigenvalue weighted by Gasteiger charge is 2.59. The second-order valence-electron chi connectivity index (χ2n) is 8.72. The van der Waals surface area contributed by atoms with E-state index < -0.39 is 18.5 Å². The molecule has 2 aromatic rings. The van der Waals surface area contributed by atoms with Crippen molar-refractivity contribution < 1.29 is 23.9 Å². The van der Waals surface area contributed by atoms with Crippen LogP contribution in [0.15, 0.2) is 53.0 Å². The Hall–Kier alpha value is -2.97. The first-order valence-electron chi connectivity index (χ1n) is 10.8. The average molecular weight is 544 g/mol. The fraction of sp³-hybridized carbons (Fsp3) is 0.280. The summed E-state index contributed by atoms with van der Waals surface area (Å²) in [6.07, 6.45) is 4.91. The van der Waals surface area contributed by atoms with Gasteiger partial charge in [0, 0.05) is 10.2 Å². The van der Waals surface area contributed by atoms with Gasteiger partial charge in [-0.3, -0.25) is 14.4 Å². The minimum atomic E-state index is -0.733. The predicted octanol–water partition coefficient (Wildman–Crippen LogP) is 4.52. The van der Waals surface area contributed by atoms with Crippen LogP contribution in [0.2, 0.25) is 5.02 Å². The highest BCUT2D eigenvalue weighted by molar-refractivity contribution is 9.10. The monoisotopic (exact) mass is 542 g/mol. The summed E-state index contributed by atoms with van der Waals surface area (Å²) in [5.41, 5.74) is 1.67. The van der Waals surface area contributed by atoms with Crippen LogP contribution in [0.5, 0.6) is 0 Å². The number of carbonyl (C=O) groups is 4. The zero-order valence-corrected chi connectivity index (χ0v) is 20.4. The first-order valence-corrected chi connectivity index (χ1v) is 12.0. The average Bonchev–Trinajstić information content (AvgIpc) is 3.51. The lowest BCUT2D eigenvalue weighted by Crippen LogP contribution is -2.33. The van der Waals surface area contributed by atoms with Gasteiger partial charge in [0.1, 0.15) is 0 Å². The first-order chi connectivity index (χ1) is 16.3. The van der Waals surface area contributed by atoms with Gasteiger partial charge in [-0.1, -0.05) is 29.8 Å². The Morgan fingerprint density at radius 1 is 1.12 bits per heavy atom. The van der Waals surface area contributed by atoms with Gasteiger partial charge in [0.2, 0.25) is 11.8 Å². The maximum absolute atomic E-state index is 13.0. The quantitative estimate of drug-likeness (QED) is 0.340. The third-order valence-corrected chi connectivity index (χ3v) is 8.13. The van der Waals surface area contributed by atoms with Crippen molar-refractivity contribution >= 4 is 62.6 Å². The fourth-order valence-corrected chi connectivity index (χ4v) is 5.71. The van der Waals surface area contributed by atoms with Gasteiger partial charge in [0.15, 0.2) is 6.61 Å². The van der Waals surface area contributed by atoms with Gasteiger partial charge >= 0.3 is 5.97 Å². The van der Waals surface area contributed by atoms with E-state index in [1.807, 2.05) is 12.2 Å². The van der Waals surface area contributed by atoms with Crippen molar-refractivity contribution in [3.05, 3.63) is 69.2 Å². The molecule has 7 nitrogen and oxygen atoms in total. The molecule has 3 aliphatic rings. The lowest BCUT2D eigenvalue weighted by atomic mass is 9.85. The summed E-state index contributed by atoms with van der Waals surface area (Å²) in [6.45, 7) is 1.26. The molecule has 1 saturated heterocycles. The van der Waals surface area contributed by atoms with Crippen LogP contribution in [-0.2, 0) is 19.1 Å². The molecule has 2 aromatic carbocycles. The lowest BCUT2D eigenvalue weighted by Gasteiger charge is -2.18. The molecule has 34 heavy (non-hydrogen) atoms. The third-order valence-electron chi connectivity index (χ3n) is 6.76. The van der Waals surface area contributed by atoms with Crippen molar-refractivity contribution in [1.82, 2.24) is 0 Å². The van der Waals surface area contributed by atoms with E-state index >= 15 is 0 Å². The number of carbonyl (C=O) groups excluding carboxylic acids is 4. The number of fused-ring (bicyclic) bond motifs is 5. The van der Waals surface area contributed by atoms with Crippen molar-refractivity contribution in [2.45, 2.75) is 13.3 Å². The van der Waals surface area contributed by atoms with Crippen LogP contribution in [0.3, 0.4) is 0 Å². The van der Waals surface area contributed by atoms with Crippen LogP contribution in [0, 0.1) is 30.6 Å². The lowest BCUT2D eigenvalue weighted by molar-refractivity contribution is -0.123. The Morgan fingerprint density at radius 3 is 2.47 bits per heavy atom. The number of ether oxygens (including phenoxy) is 1. The minimum Gasteiger partial charge on any atom is -0.452 e. The molecule has 1 heterocycles. The first kappa shape index (κ1) is 22.8. The molecule has 2 aliphatic carbocycles. The molecule has 174 valence electrons. The number of hydrogen-bond donors (Lipinski definition) is 1. The summed E-state index contributed by atoms with van der Waals surface area (Å²) in [5, 5.41) is 3.14. The van der Waals surface area contributed by atoms with Crippen molar-refractivity contribution in [2.24, 2.45) is 23.7 Å². The number of amides is 3. The van der Waals surface area contributed by atoms with Gasteiger partial charge in [-0.05, 0) is 77.0 Å².